The highest BCUT2D eigenvalue weighted by Crippen LogP contribution is 2.44. The molecule has 0 saturated carbocycles. The average Bonchev–Trinajstić information content (AvgIpc) is 3.50. The molecule has 9 heteroatoms. The Morgan fingerprint density at radius 1 is 1.02 bits per heavy atom. The van der Waals surface area contributed by atoms with Crippen LogP contribution in [0.1, 0.15) is 36.0 Å². The molecule has 1 unspecified atom stereocenters. The Hall–Kier alpha value is -4.43. The smallest absolute Gasteiger partial charge is 0.294 e. The second kappa shape index (κ2) is 11.0. The number of methoxy groups -OCH3 is 2. The van der Waals surface area contributed by atoms with Crippen molar-refractivity contribution in [2.24, 2.45) is 5.92 Å². The zero-order valence-electron chi connectivity index (χ0n) is 22.4. The van der Waals surface area contributed by atoms with E-state index in [0.717, 1.165) is 0 Å². The molecule has 0 bridgehead atoms. The number of ether oxygens (including phenoxy) is 3. The molecular formula is C31H28ClNO7. The summed E-state index contributed by atoms with van der Waals surface area (Å²) in [5.74, 6) is -0.222. The van der Waals surface area contributed by atoms with Crippen LogP contribution in [0.3, 0.4) is 0 Å². The summed E-state index contributed by atoms with van der Waals surface area (Å²) in [5, 5.41) is 12.1. The Morgan fingerprint density at radius 2 is 1.77 bits per heavy atom. The first-order valence-corrected chi connectivity index (χ1v) is 13.0. The van der Waals surface area contributed by atoms with Gasteiger partial charge in [-0.05, 0) is 60.0 Å². The third-order valence-electron chi connectivity index (χ3n) is 6.55. The number of nitrogens with zero attached hydrogens (tertiary/aromatic N) is 1. The highest BCUT2D eigenvalue weighted by atomic mass is 35.5. The number of carbonyl (C=O) groups excluding carboxylic acids is 2. The van der Waals surface area contributed by atoms with Gasteiger partial charge in [0.2, 0.25) is 5.78 Å². The molecule has 3 aromatic carbocycles. The first-order valence-electron chi connectivity index (χ1n) is 12.7. The number of aliphatic hydroxyl groups excluding tert-OH is 1. The molecule has 1 amide bonds. The predicted octanol–water partition coefficient (Wildman–Crippen LogP) is 6.92. The molecule has 1 atom stereocenters. The van der Waals surface area contributed by atoms with Crippen molar-refractivity contribution in [3.8, 4) is 17.2 Å². The van der Waals surface area contributed by atoms with Crippen molar-refractivity contribution in [3.05, 3.63) is 94.4 Å². The van der Waals surface area contributed by atoms with Crippen molar-refractivity contribution in [2.45, 2.75) is 19.9 Å². The molecule has 8 nitrogen and oxygen atoms in total. The van der Waals surface area contributed by atoms with Gasteiger partial charge in [0.05, 0.1) is 32.4 Å². The van der Waals surface area contributed by atoms with E-state index in [4.69, 9.17) is 30.2 Å². The zero-order chi connectivity index (χ0) is 28.6. The number of fused-ring (bicyclic) bond motifs is 1. The Morgan fingerprint density at radius 3 is 2.45 bits per heavy atom. The maximum atomic E-state index is 14.0. The van der Waals surface area contributed by atoms with E-state index >= 15 is 0 Å². The van der Waals surface area contributed by atoms with Crippen LogP contribution in [-0.4, -0.2) is 37.6 Å². The van der Waals surface area contributed by atoms with Crippen LogP contribution in [0, 0.1) is 5.92 Å². The standard InChI is InChI=1S/C31H28ClNO7/c1-17(2)16-39-22-10-8-21(9-11-22)33-27(18-6-5-7-23(13-18)37-3)26(29(35)31(33)36)28(34)24-14-19-12-20(32)15-25(38-4)30(19)40-24/h5-15,17,27,35H,16H2,1-4H3. The van der Waals surface area contributed by atoms with Crippen molar-refractivity contribution in [1.29, 1.82) is 0 Å². The first-order chi connectivity index (χ1) is 19.2. The minimum atomic E-state index is -0.962. The second-order valence-corrected chi connectivity index (χ2v) is 10.2. The van der Waals surface area contributed by atoms with E-state index in [0.29, 0.717) is 57.0 Å². The number of hydrogen-bond acceptors (Lipinski definition) is 7. The lowest BCUT2D eigenvalue weighted by Gasteiger charge is -2.27. The highest BCUT2D eigenvalue weighted by molar-refractivity contribution is 6.31. The zero-order valence-corrected chi connectivity index (χ0v) is 23.2. The van der Waals surface area contributed by atoms with E-state index in [2.05, 4.69) is 13.8 Å². The number of halogens is 1. The second-order valence-electron chi connectivity index (χ2n) is 9.78. The van der Waals surface area contributed by atoms with Gasteiger partial charge < -0.3 is 23.7 Å². The molecular weight excluding hydrogens is 534 g/mol. The van der Waals surface area contributed by atoms with Crippen LogP contribution in [-0.2, 0) is 4.79 Å². The minimum Gasteiger partial charge on any atom is -0.503 e. The summed E-state index contributed by atoms with van der Waals surface area (Å²) in [6, 6.07) is 17.7. The van der Waals surface area contributed by atoms with Gasteiger partial charge in [0, 0.05) is 22.2 Å². The molecule has 206 valence electrons. The number of ketones is 1. The van der Waals surface area contributed by atoms with Gasteiger partial charge in [0.1, 0.15) is 11.5 Å². The third-order valence-corrected chi connectivity index (χ3v) is 6.77. The molecule has 0 fully saturated rings. The fraction of sp³-hybridized carbons (Fsp3) is 0.226. The summed E-state index contributed by atoms with van der Waals surface area (Å²) in [6.07, 6.45) is 0. The van der Waals surface area contributed by atoms with E-state index in [-0.39, 0.29) is 11.3 Å². The first kappa shape index (κ1) is 27.1. The van der Waals surface area contributed by atoms with Crippen LogP contribution in [0.15, 0.2) is 82.5 Å². The van der Waals surface area contributed by atoms with Gasteiger partial charge in [-0.25, -0.2) is 0 Å². The molecule has 0 spiro atoms. The van der Waals surface area contributed by atoms with E-state index < -0.39 is 23.5 Å². The summed E-state index contributed by atoms with van der Waals surface area (Å²) in [6.45, 7) is 4.65. The molecule has 1 aliphatic heterocycles. The number of benzene rings is 3. The van der Waals surface area contributed by atoms with E-state index in [9.17, 15) is 14.7 Å². The van der Waals surface area contributed by atoms with Crippen LogP contribution >= 0.6 is 11.6 Å². The summed E-state index contributed by atoms with van der Waals surface area (Å²) in [7, 11) is 2.99. The lowest BCUT2D eigenvalue weighted by Crippen LogP contribution is -2.31. The Kier molecular flexibility index (Phi) is 7.45. The fourth-order valence-electron chi connectivity index (χ4n) is 4.68. The van der Waals surface area contributed by atoms with Gasteiger partial charge >= 0.3 is 0 Å². The summed E-state index contributed by atoms with van der Waals surface area (Å²) in [5.41, 5.74) is 1.24. The monoisotopic (exact) mass is 561 g/mol. The van der Waals surface area contributed by atoms with Crippen molar-refractivity contribution in [2.75, 3.05) is 25.7 Å². The summed E-state index contributed by atoms with van der Waals surface area (Å²) >= 11 is 6.20. The SMILES string of the molecule is COc1cccc(C2C(C(=O)c3cc4cc(Cl)cc(OC)c4o3)=C(O)C(=O)N2c2ccc(OCC(C)C)cc2)c1. The molecule has 40 heavy (non-hydrogen) atoms. The number of carbonyl (C=O) groups is 2. The Balaban J connectivity index is 1.60. The van der Waals surface area contributed by atoms with Crippen molar-refractivity contribution >= 4 is 39.9 Å². The normalized spacial score (nSPS) is 15.3. The van der Waals surface area contributed by atoms with E-state index in [1.54, 1.807) is 60.7 Å². The molecule has 2 heterocycles. The number of anilines is 1. The molecule has 0 aliphatic carbocycles. The van der Waals surface area contributed by atoms with Gasteiger partial charge in [-0.1, -0.05) is 37.6 Å². The number of amides is 1. The van der Waals surface area contributed by atoms with Gasteiger partial charge in [0.25, 0.3) is 5.91 Å². The quantitative estimate of drug-likeness (QED) is 0.221. The summed E-state index contributed by atoms with van der Waals surface area (Å²) in [4.78, 5) is 28.9. The Labute approximate surface area is 236 Å². The lowest BCUT2D eigenvalue weighted by atomic mass is 9.94. The van der Waals surface area contributed by atoms with Crippen LogP contribution < -0.4 is 19.1 Å². The highest BCUT2D eigenvalue weighted by Gasteiger charge is 2.45. The van der Waals surface area contributed by atoms with E-state index in [1.165, 1.54) is 25.2 Å². The molecule has 1 aliphatic rings. The van der Waals surface area contributed by atoms with Gasteiger partial charge in [0.15, 0.2) is 22.9 Å². The van der Waals surface area contributed by atoms with Gasteiger partial charge in [-0.3, -0.25) is 14.5 Å². The number of hydrogen-bond donors (Lipinski definition) is 1. The molecule has 5 rings (SSSR count). The van der Waals surface area contributed by atoms with E-state index in [1.807, 2.05) is 0 Å². The van der Waals surface area contributed by atoms with Crippen LogP contribution in [0.5, 0.6) is 17.2 Å². The predicted molar refractivity (Wildman–Crippen MR) is 152 cm³/mol. The minimum absolute atomic E-state index is 0.0721. The molecule has 0 saturated heterocycles. The largest absolute Gasteiger partial charge is 0.503 e. The van der Waals surface area contributed by atoms with Crippen LogP contribution in [0.4, 0.5) is 5.69 Å². The average molecular weight is 562 g/mol. The number of Topliss-reactive ketones (excluding diaryl/α,β-unsaturated/α-hetero) is 1. The molecule has 4 aromatic rings. The Bertz CT molecular complexity index is 1620. The number of rotatable bonds is 9. The summed E-state index contributed by atoms with van der Waals surface area (Å²) < 4.78 is 22.4. The number of aliphatic hydroxyl groups is 1. The molecule has 1 N–H and O–H groups in total. The topological polar surface area (TPSA) is 98.4 Å². The maximum Gasteiger partial charge on any atom is 0.294 e. The lowest BCUT2D eigenvalue weighted by molar-refractivity contribution is -0.117. The van der Waals surface area contributed by atoms with Crippen LogP contribution in [0.2, 0.25) is 5.02 Å². The molecule has 0 radical (unpaired) electrons. The van der Waals surface area contributed by atoms with Crippen LogP contribution in [0.25, 0.3) is 11.0 Å². The molecule has 1 aromatic heterocycles. The van der Waals surface area contributed by atoms with Crippen molar-refractivity contribution in [1.82, 2.24) is 0 Å². The third kappa shape index (κ3) is 4.98. The van der Waals surface area contributed by atoms with Gasteiger partial charge in [-0.15, -0.1) is 0 Å². The van der Waals surface area contributed by atoms with Crippen molar-refractivity contribution in [3.63, 3.8) is 0 Å². The number of furan rings is 1. The van der Waals surface area contributed by atoms with Gasteiger partial charge in [-0.2, -0.15) is 0 Å². The fourth-order valence-corrected chi connectivity index (χ4v) is 4.90. The maximum absolute atomic E-state index is 14.0. The van der Waals surface area contributed by atoms with Crippen molar-refractivity contribution < 1.29 is 33.3 Å².